The van der Waals surface area contributed by atoms with Gasteiger partial charge in [0.25, 0.3) is 5.56 Å². The molecule has 1 aliphatic carbocycles. The van der Waals surface area contributed by atoms with Crippen molar-refractivity contribution < 1.29 is 0 Å². The number of benzene rings is 2. The summed E-state index contributed by atoms with van der Waals surface area (Å²) >= 11 is 5.95. The van der Waals surface area contributed by atoms with Gasteiger partial charge in [-0.1, -0.05) is 29.8 Å². The molecule has 5 rings (SSSR count). The standard InChI is InChI=1S/C21H16ClN3O/c22-17-7-4-15(5-8-17)19-13-24-10-11-25(21(26)20(24)23-19)18-9-6-14-2-1-3-16(14)12-18/h4-13H,1-3H2. The molecule has 0 atom stereocenters. The van der Waals surface area contributed by atoms with Crippen LogP contribution in [-0.4, -0.2) is 14.0 Å². The summed E-state index contributed by atoms with van der Waals surface area (Å²) in [5.74, 6) is 0. The number of hydrogen-bond acceptors (Lipinski definition) is 2. The molecule has 0 bridgehead atoms. The third-order valence-electron chi connectivity index (χ3n) is 5.02. The Balaban J connectivity index is 1.63. The zero-order valence-corrected chi connectivity index (χ0v) is 14.8. The molecule has 1 aliphatic rings. The van der Waals surface area contributed by atoms with E-state index in [0.717, 1.165) is 29.8 Å². The maximum absolute atomic E-state index is 13.0. The Morgan fingerprint density at radius 1 is 0.962 bits per heavy atom. The summed E-state index contributed by atoms with van der Waals surface area (Å²) in [5, 5.41) is 0.677. The molecule has 0 N–H and O–H groups in total. The molecule has 2 heterocycles. The Morgan fingerprint density at radius 2 is 1.77 bits per heavy atom. The topological polar surface area (TPSA) is 39.3 Å². The first-order chi connectivity index (χ1) is 12.7. The van der Waals surface area contributed by atoms with Gasteiger partial charge in [0.1, 0.15) is 0 Å². The molecule has 0 fully saturated rings. The van der Waals surface area contributed by atoms with Gasteiger partial charge in [0.05, 0.1) is 5.69 Å². The lowest BCUT2D eigenvalue weighted by Crippen LogP contribution is -2.20. The minimum atomic E-state index is -0.120. The molecule has 26 heavy (non-hydrogen) atoms. The fourth-order valence-corrected chi connectivity index (χ4v) is 3.78. The highest BCUT2D eigenvalue weighted by Crippen LogP contribution is 2.24. The number of aryl methyl sites for hydroxylation is 2. The van der Waals surface area contributed by atoms with Gasteiger partial charge in [0.15, 0.2) is 0 Å². The van der Waals surface area contributed by atoms with Gasteiger partial charge in [-0.05, 0) is 54.7 Å². The third kappa shape index (κ3) is 2.45. The van der Waals surface area contributed by atoms with Crippen molar-refractivity contribution in [1.82, 2.24) is 14.0 Å². The summed E-state index contributed by atoms with van der Waals surface area (Å²) in [6.07, 6.45) is 8.96. The van der Waals surface area contributed by atoms with Crippen molar-refractivity contribution in [1.29, 1.82) is 0 Å². The zero-order valence-electron chi connectivity index (χ0n) is 14.0. The summed E-state index contributed by atoms with van der Waals surface area (Å²) in [5.41, 5.74) is 5.62. The first kappa shape index (κ1) is 15.4. The second-order valence-corrected chi connectivity index (χ2v) is 7.08. The molecule has 128 valence electrons. The van der Waals surface area contributed by atoms with Crippen LogP contribution < -0.4 is 5.56 Å². The van der Waals surface area contributed by atoms with Gasteiger partial charge in [-0.25, -0.2) is 4.98 Å². The van der Waals surface area contributed by atoms with E-state index < -0.39 is 0 Å². The van der Waals surface area contributed by atoms with Crippen LogP contribution in [0.25, 0.3) is 22.6 Å². The summed E-state index contributed by atoms with van der Waals surface area (Å²) in [6.45, 7) is 0. The monoisotopic (exact) mass is 361 g/mol. The Hall–Kier alpha value is -2.85. The van der Waals surface area contributed by atoms with Crippen LogP contribution in [0.15, 0.2) is 65.8 Å². The molecule has 0 radical (unpaired) electrons. The van der Waals surface area contributed by atoms with Gasteiger partial charge in [-0.2, -0.15) is 0 Å². The van der Waals surface area contributed by atoms with E-state index in [2.05, 4.69) is 17.1 Å². The summed E-state index contributed by atoms with van der Waals surface area (Å²) in [7, 11) is 0. The molecule has 0 aliphatic heterocycles. The van der Waals surface area contributed by atoms with Crippen molar-refractivity contribution in [3.63, 3.8) is 0 Å². The molecule has 4 aromatic rings. The van der Waals surface area contributed by atoms with E-state index in [1.807, 2.05) is 42.7 Å². The smallest absolute Gasteiger partial charge is 0.298 e. The summed E-state index contributed by atoms with van der Waals surface area (Å²) in [6, 6.07) is 13.7. The van der Waals surface area contributed by atoms with Gasteiger partial charge in [0, 0.05) is 34.9 Å². The molecule has 2 aromatic carbocycles. The fraction of sp³-hybridized carbons (Fsp3) is 0.143. The lowest BCUT2D eigenvalue weighted by atomic mass is 10.1. The highest BCUT2D eigenvalue weighted by atomic mass is 35.5. The number of halogens is 1. The Bertz CT molecular complexity index is 1190. The number of aromatic nitrogens is 3. The van der Waals surface area contributed by atoms with Gasteiger partial charge in [-0.15, -0.1) is 0 Å². The number of fused-ring (bicyclic) bond motifs is 2. The molecule has 0 amide bonds. The first-order valence-corrected chi connectivity index (χ1v) is 9.05. The second-order valence-electron chi connectivity index (χ2n) is 6.64. The zero-order chi connectivity index (χ0) is 17.7. The number of nitrogens with zero attached hydrogens (tertiary/aromatic N) is 3. The molecule has 0 spiro atoms. The normalized spacial score (nSPS) is 13.3. The minimum Gasteiger partial charge on any atom is -0.300 e. The molecular weight excluding hydrogens is 346 g/mol. The van der Waals surface area contributed by atoms with E-state index in [0.29, 0.717) is 10.7 Å². The SMILES string of the molecule is O=c1c2nc(-c3ccc(Cl)cc3)cn2ccn1-c1ccc2c(c1)CCC2. The average Bonchev–Trinajstić information content (AvgIpc) is 3.29. The van der Waals surface area contributed by atoms with E-state index in [-0.39, 0.29) is 5.56 Å². The van der Waals surface area contributed by atoms with Crippen molar-refractivity contribution in [3.05, 3.63) is 87.6 Å². The van der Waals surface area contributed by atoms with E-state index in [1.165, 1.54) is 17.5 Å². The maximum atomic E-state index is 13.0. The van der Waals surface area contributed by atoms with E-state index >= 15 is 0 Å². The fourth-order valence-electron chi connectivity index (χ4n) is 3.65. The van der Waals surface area contributed by atoms with Crippen molar-refractivity contribution in [2.45, 2.75) is 19.3 Å². The van der Waals surface area contributed by atoms with Crippen LogP contribution in [0, 0.1) is 0 Å². The number of hydrogen-bond donors (Lipinski definition) is 0. The van der Waals surface area contributed by atoms with E-state index in [9.17, 15) is 4.79 Å². The highest BCUT2D eigenvalue weighted by molar-refractivity contribution is 6.30. The van der Waals surface area contributed by atoms with E-state index in [4.69, 9.17) is 11.6 Å². The molecular formula is C21H16ClN3O. The molecule has 4 nitrogen and oxygen atoms in total. The predicted octanol–water partition coefficient (Wildman–Crippen LogP) is 4.29. The van der Waals surface area contributed by atoms with Crippen molar-refractivity contribution in [2.75, 3.05) is 0 Å². The number of imidazole rings is 1. The quantitative estimate of drug-likeness (QED) is 0.534. The summed E-state index contributed by atoms with van der Waals surface area (Å²) < 4.78 is 3.45. The maximum Gasteiger partial charge on any atom is 0.298 e. The lowest BCUT2D eigenvalue weighted by Gasteiger charge is -2.08. The molecule has 5 heteroatoms. The van der Waals surface area contributed by atoms with Crippen LogP contribution >= 0.6 is 11.6 Å². The largest absolute Gasteiger partial charge is 0.300 e. The van der Waals surface area contributed by atoms with Gasteiger partial charge >= 0.3 is 0 Å². The average molecular weight is 362 g/mol. The Morgan fingerprint density at radius 3 is 2.62 bits per heavy atom. The van der Waals surface area contributed by atoms with Crippen molar-refractivity contribution in [3.8, 4) is 16.9 Å². The van der Waals surface area contributed by atoms with E-state index in [1.54, 1.807) is 15.2 Å². The van der Waals surface area contributed by atoms with Gasteiger partial charge in [-0.3, -0.25) is 9.36 Å². The number of rotatable bonds is 2. The van der Waals surface area contributed by atoms with Crippen LogP contribution in [0.3, 0.4) is 0 Å². The molecule has 0 saturated heterocycles. The van der Waals surface area contributed by atoms with Crippen LogP contribution in [0.2, 0.25) is 5.02 Å². The highest BCUT2D eigenvalue weighted by Gasteiger charge is 2.14. The lowest BCUT2D eigenvalue weighted by molar-refractivity contribution is 0.910. The van der Waals surface area contributed by atoms with Crippen molar-refractivity contribution in [2.24, 2.45) is 0 Å². The van der Waals surface area contributed by atoms with Crippen LogP contribution in [0.4, 0.5) is 0 Å². The first-order valence-electron chi connectivity index (χ1n) is 8.67. The van der Waals surface area contributed by atoms with Crippen LogP contribution in [-0.2, 0) is 12.8 Å². The summed E-state index contributed by atoms with van der Waals surface area (Å²) in [4.78, 5) is 17.5. The predicted molar refractivity (Wildman–Crippen MR) is 103 cm³/mol. The van der Waals surface area contributed by atoms with Crippen LogP contribution in [0.1, 0.15) is 17.5 Å². The molecule has 2 aromatic heterocycles. The Kier molecular flexibility index (Phi) is 3.47. The minimum absolute atomic E-state index is 0.120. The van der Waals surface area contributed by atoms with Crippen LogP contribution in [0.5, 0.6) is 0 Å². The van der Waals surface area contributed by atoms with Crippen molar-refractivity contribution >= 4 is 17.2 Å². The third-order valence-corrected chi connectivity index (χ3v) is 5.27. The second kappa shape index (κ2) is 5.85. The molecule has 0 saturated carbocycles. The van der Waals surface area contributed by atoms with Gasteiger partial charge in [0.2, 0.25) is 5.65 Å². The van der Waals surface area contributed by atoms with Gasteiger partial charge < -0.3 is 4.40 Å². The molecule has 0 unspecified atom stereocenters. The Labute approximate surface area is 155 Å².